The summed E-state index contributed by atoms with van der Waals surface area (Å²) >= 11 is 14.2. The van der Waals surface area contributed by atoms with Crippen LogP contribution in [0.4, 0.5) is 0 Å². The average Bonchev–Trinajstić information content (AvgIpc) is 1.82. The first-order valence-electron chi connectivity index (χ1n) is 3.42. The highest BCUT2D eigenvalue weighted by molar-refractivity contribution is 9.10. The molecule has 0 aromatic heterocycles. The molecule has 0 spiro atoms. The minimum atomic E-state index is -0.894. The normalized spacial score (nSPS) is 14.8. The van der Waals surface area contributed by atoms with Crippen molar-refractivity contribution in [2.45, 2.75) is 29.9 Å². The molecule has 0 aromatic carbocycles. The zero-order chi connectivity index (χ0) is 9.94. The topological polar surface area (TPSA) is 37.3 Å². The number of halogens is 3. The molecule has 0 rings (SSSR count). The highest BCUT2D eigenvalue weighted by Crippen LogP contribution is 2.34. The van der Waals surface area contributed by atoms with Crippen molar-refractivity contribution in [3.63, 3.8) is 0 Å². The summed E-state index contributed by atoms with van der Waals surface area (Å²) in [6, 6.07) is 0. The predicted octanol–water partition coefficient (Wildman–Crippen LogP) is 3.05. The van der Waals surface area contributed by atoms with E-state index >= 15 is 0 Å². The zero-order valence-electron chi connectivity index (χ0n) is 6.85. The van der Waals surface area contributed by atoms with Gasteiger partial charge in [-0.05, 0) is 11.8 Å². The third kappa shape index (κ3) is 3.97. The number of carbonyl (C=O) groups is 1. The third-order valence-electron chi connectivity index (χ3n) is 1.58. The van der Waals surface area contributed by atoms with E-state index in [1.165, 1.54) is 0 Å². The van der Waals surface area contributed by atoms with Crippen LogP contribution >= 0.6 is 39.1 Å². The van der Waals surface area contributed by atoms with E-state index in [2.05, 4.69) is 15.9 Å². The molecule has 0 aliphatic heterocycles. The lowest BCUT2D eigenvalue weighted by atomic mass is 9.86. The third-order valence-corrected chi connectivity index (χ3v) is 3.52. The highest BCUT2D eigenvalue weighted by atomic mass is 79.9. The lowest BCUT2D eigenvalue weighted by Gasteiger charge is -2.27. The number of aliphatic carboxylic acids is 1. The van der Waals surface area contributed by atoms with Crippen molar-refractivity contribution in [3.8, 4) is 0 Å². The van der Waals surface area contributed by atoms with E-state index in [1.807, 2.05) is 0 Å². The molecule has 0 fully saturated rings. The molecule has 1 N–H and O–H groups in total. The Morgan fingerprint density at radius 2 is 2.00 bits per heavy atom. The van der Waals surface area contributed by atoms with Gasteiger partial charge in [-0.25, -0.2) is 0 Å². The van der Waals surface area contributed by atoms with E-state index in [9.17, 15) is 4.79 Å². The van der Waals surface area contributed by atoms with E-state index in [4.69, 9.17) is 28.3 Å². The number of hydrogen-bond donors (Lipinski definition) is 1. The fourth-order valence-electron chi connectivity index (χ4n) is 0.835. The molecular weight excluding hydrogens is 267 g/mol. The molecule has 1 unspecified atom stereocenters. The van der Waals surface area contributed by atoms with Crippen LogP contribution in [0.5, 0.6) is 0 Å². The van der Waals surface area contributed by atoms with Crippen molar-refractivity contribution in [2.75, 3.05) is 0 Å². The Morgan fingerprint density at radius 3 is 2.25 bits per heavy atom. The summed E-state index contributed by atoms with van der Waals surface area (Å²) < 4.78 is 0. The summed E-state index contributed by atoms with van der Waals surface area (Å²) in [5.41, 5.74) is -0.444. The molecule has 0 saturated heterocycles. The number of rotatable bonds is 4. The smallest absolute Gasteiger partial charge is 0.317 e. The largest absolute Gasteiger partial charge is 0.480 e. The molecule has 0 amide bonds. The minimum absolute atomic E-state index is 0.443. The first-order chi connectivity index (χ1) is 5.27. The fraction of sp³-hybridized carbons (Fsp3) is 0.857. The van der Waals surface area contributed by atoms with Crippen LogP contribution in [0.3, 0.4) is 0 Å². The molecule has 0 aliphatic carbocycles. The molecule has 0 aliphatic rings. The average molecular weight is 278 g/mol. The van der Waals surface area contributed by atoms with Crippen LogP contribution in [0.15, 0.2) is 0 Å². The van der Waals surface area contributed by atoms with Crippen molar-refractivity contribution < 1.29 is 9.90 Å². The first kappa shape index (κ1) is 12.5. The lowest BCUT2D eigenvalue weighted by molar-refractivity contribution is -0.138. The Labute approximate surface area is 90.4 Å². The molecule has 72 valence electrons. The second-order valence-electron chi connectivity index (χ2n) is 3.28. The Hall–Kier alpha value is 0.530. The molecule has 0 saturated carbocycles. The Kier molecular flexibility index (Phi) is 4.89. The summed E-state index contributed by atoms with van der Waals surface area (Å²) in [4.78, 5) is 9.45. The van der Waals surface area contributed by atoms with Gasteiger partial charge in [0.1, 0.15) is 9.66 Å². The van der Waals surface area contributed by atoms with Gasteiger partial charge in [-0.3, -0.25) is 4.79 Å². The van der Waals surface area contributed by atoms with E-state index in [0.717, 1.165) is 0 Å². The predicted molar refractivity (Wildman–Crippen MR) is 54.2 cm³/mol. The van der Waals surface area contributed by atoms with Crippen LogP contribution < -0.4 is 0 Å². The van der Waals surface area contributed by atoms with Crippen LogP contribution in [0.2, 0.25) is 0 Å². The van der Waals surface area contributed by atoms with Crippen LogP contribution in [0.25, 0.3) is 0 Å². The summed E-state index contributed by atoms with van der Waals surface area (Å²) in [5, 5.41) is 8.70. The molecule has 0 heterocycles. The second-order valence-corrected chi connectivity index (χ2v) is 5.48. The van der Waals surface area contributed by atoms with Gasteiger partial charge in [-0.1, -0.05) is 29.8 Å². The van der Waals surface area contributed by atoms with Gasteiger partial charge in [0.15, 0.2) is 0 Å². The second kappa shape index (κ2) is 4.68. The molecule has 1 atom stereocenters. The number of carboxylic acids is 1. The van der Waals surface area contributed by atoms with Gasteiger partial charge in [0.2, 0.25) is 0 Å². The molecule has 5 heteroatoms. The van der Waals surface area contributed by atoms with E-state index in [1.54, 1.807) is 13.8 Å². The maximum atomic E-state index is 10.6. The maximum absolute atomic E-state index is 10.6. The van der Waals surface area contributed by atoms with Crippen molar-refractivity contribution >= 4 is 45.1 Å². The summed E-state index contributed by atoms with van der Waals surface area (Å²) in [5.74, 6) is -0.894. The van der Waals surface area contributed by atoms with Gasteiger partial charge < -0.3 is 5.11 Å². The van der Waals surface area contributed by atoms with E-state index in [-0.39, 0.29) is 0 Å². The molecule has 0 aromatic rings. The summed E-state index contributed by atoms with van der Waals surface area (Å²) in [7, 11) is 0. The molecule has 0 radical (unpaired) electrons. The van der Waals surface area contributed by atoms with Crippen LogP contribution in [0, 0.1) is 5.41 Å². The Bertz CT molecular complexity index is 171. The Morgan fingerprint density at radius 1 is 1.58 bits per heavy atom. The van der Waals surface area contributed by atoms with Crippen LogP contribution in [-0.4, -0.2) is 20.7 Å². The van der Waals surface area contributed by atoms with Crippen molar-refractivity contribution in [1.82, 2.24) is 0 Å². The van der Waals surface area contributed by atoms with Gasteiger partial charge in [-0.2, -0.15) is 0 Å². The zero-order valence-corrected chi connectivity index (χ0v) is 9.95. The quantitative estimate of drug-likeness (QED) is 0.802. The number of carboxylic acid groups (broad SMARTS) is 1. The van der Waals surface area contributed by atoms with E-state index in [0.29, 0.717) is 6.42 Å². The summed E-state index contributed by atoms with van der Waals surface area (Å²) in [6.45, 7) is 3.61. The SMILES string of the molecule is CC(C)(CC(Cl)Cl)C(Br)C(=O)O. The molecule has 0 bridgehead atoms. The molecular formula is C7H11BrCl2O2. The van der Waals surface area contributed by atoms with Gasteiger partial charge in [0.25, 0.3) is 0 Å². The lowest BCUT2D eigenvalue weighted by Crippen LogP contribution is -2.32. The number of alkyl halides is 3. The first-order valence-corrected chi connectivity index (χ1v) is 5.21. The van der Waals surface area contributed by atoms with Crippen LogP contribution in [-0.2, 0) is 4.79 Å². The molecule has 2 nitrogen and oxygen atoms in total. The Balaban J connectivity index is 4.28. The van der Waals surface area contributed by atoms with E-state index < -0.39 is 21.0 Å². The van der Waals surface area contributed by atoms with Gasteiger partial charge in [0.05, 0.1) is 0 Å². The van der Waals surface area contributed by atoms with Crippen molar-refractivity contribution in [1.29, 1.82) is 0 Å². The van der Waals surface area contributed by atoms with Gasteiger partial charge in [-0.15, -0.1) is 23.2 Å². The maximum Gasteiger partial charge on any atom is 0.317 e. The number of hydrogen-bond acceptors (Lipinski definition) is 1. The van der Waals surface area contributed by atoms with Gasteiger partial charge >= 0.3 is 5.97 Å². The minimum Gasteiger partial charge on any atom is -0.480 e. The monoisotopic (exact) mass is 276 g/mol. The van der Waals surface area contributed by atoms with Crippen LogP contribution in [0.1, 0.15) is 20.3 Å². The fourth-order valence-corrected chi connectivity index (χ4v) is 1.82. The standard InChI is InChI=1S/C7H11BrCl2O2/c1-7(2,3-4(9)10)5(8)6(11)12/h4-5H,3H2,1-2H3,(H,11,12). The van der Waals surface area contributed by atoms with Crippen molar-refractivity contribution in [2.24, 2.45) is 5.41 Å². The van der Waals surface area contributed by atoms with Gasteiger partial charge in [0, 0.05) is 0 Å². The molecule has 12 heavy (non-hydrogen) atoms. The summed E-state index contributed by atoms with van der Waals surface area (Å²) in [6.07, 6.45) is 0.443. The highest BCUT2D eigenvalue weighted by Gasteiger charge is 2.34. The van der Waals surface area contributed by atoms with Crippen molar-refractivity contribution in [3.05, 3.63) is 0 Å².